The Hall–Kier alpha value is -2.33. The maximum atomic E-state index is 12.3. The van der Waals surface area contributed by atoms with Crippen molar-refractivity contribution in [2.75, 3.05) is 27.2 Å². The van der Waals surface area contributed by atoms with Crippen LogP contribution in [0.2, 0.25) is 0 Å². The summed E-state index contributed by atoms with van der Waals surface area (Å²) in [6.45, 7) is 6.71. The van der Waals surface area contributed by atoms with E-state index in [9.17, 15) is 4.79 Å². The van der Waals surface area contributed by atoms with Crippen molar-refractivity contribution in [3.63, 3.8) is 0 Å². The number of aryl methyl sites for hydroxylation is 1. The third kappa shape index (κ3) is 17.3. The van der Waals surface area contributed by atoms with E-state index in [0.29, 0.717) is 13.0 Å². The minimum atomic E-state index is -0.122. The van der Waals surface area contributed by atoms with Gasteiger partial charge in [-0.2, -0.15) is 0 Å². The number of esters is 1. The van der Waals surface area contributed by atoms with E-state index in [1.165, 1.54) is 81.8 Å². The number of unbranched alkanes of at least 4 members (excludes halogenated alkanes) is 11. The number of rotatable bonds is 24. The van der Waals surface area contributed by atoms with Crippen LogP contribution in [0.4, 0.5) is 0 Å². The van der Waals surface area contributed by atoms with Crippen molar-refractivity contribution >= 4 is 5.97 Å². The minimum Gasteiger partial charge on any atom is -0.487 e. The van der Waals surface area contributed by atoms with Gasteiger partial charge in [0, 0.05) is 12.0 Å². The van der Waals surface area contributed by atoms with Gasteiger partial charge < -0.3 is 14.0 Å². The number of carbonyl (C=O) groups is 1. The molecule has 0 N–H and O–H groups in total. The summed E-state index contributed by atoms with van der Waals surface area (Å²) in [5.74, 6) is 0.733. The predicted molar refractivity (Wildman–Crippen MR) is 173 cm³/mol. The highest BCUT2D eigenvalue weighted by Gasteiger charge is 2.16. The van der Waals surface area contributed by atoms with Crippen LogP contribution in [-0.2, 0) is 22.5 Å². The number of nitrogens with zero attached hydrogens (tertiary/aromatic N) is 1. The first kappa shape index (κ1) is 34.9. The van der Waals surface area contributed by atoms with Crippen LogP contribution in [-0.4, -0.2) is 43.8 Å². The van der Waals surface area contributed by atoms with E-state index < -0.39 is 0 Å². The first-order chi connectivity index (χ1) is 19.9. The van der Waals surface area contributed by atoms with Crippen LogP contribution >= 0.6 is 0 Å². The monoisotopic (exact) mass is 566 g/mol. The highest BCUT2D eigenvalue weighted by molar-refractivity contribution is 5.69. The zero-order chi connectivity index (χ0) is 29.6. The first-order valence-electron chi connectivity index (χ1n) is 16.7. The van der Waals surface area contributed by atoms with Crippen LogP contribution in [0.1, 0.15) is 121 Å². The Kier molecular flexibility index (Phi) is 18.2. The van der Waals surface area contributed by atoms with Crippen molar-refractivity contribution in [1.29, 1.82) is 0 Å². The van der Waals surface area contributed by atoms with Gasteiger partial charge in [0.2, 0.25) is 0 Å². The quantitative estimate of drug-likeness (QED) is 0.0721. The summed E-state index contributed by atoms with van der Waals surface area (Å²) in [5, 5.41) is 0. The van der Waals surface area contributed by atoms with E-state index in [1.54, 1.807) is 0 Å². The van der Waals surface area contributed by atoms with Crippen molar-refractivity contribution < 1.29 is 18.8 Å². The molecule has 2 aromatic carbocycles. The Labute approximate surface area is 252 Å². The van der Waals surface area contributed by atoms with Gasteiger partial charge in [0.25, 0.3) is 0 Å². The van der Waals surface area contributed by atoms with Crippen LogP contribution in [0.3, 0.4) is 0 Å². The molecule has 0 amide bonds. The van der Waals surface area contributed by atoms with Gasteiger partial charge in [0.05, 0.1) is 20.6 Å². The molecule has 4 nitrogen and oxygen atoms in total. The largest absolute Gasteiger partial charge is 0.487 e. The van der Waals surface area contributed by atoms with Gasteiger partial charge in [0.1, 0.15) is 25.0 Å². The lowest BCUT2D eigenvalue weighted by molar-refractivity contribution is -0.903. The highest BCUT2D eigenvalue weighted by atomic mass is 16.6. The zero-order valence-electron chi connectivity index (χ0n) is 26.9. The number of carbonyl (C=O) groups excluding carboxylic acids is 1. The summed E-state index contributed by atoms with van der Waals surface area (Å²) in [4.78, 5) is 12.3. The summed E-state index contributed by atoms with van der Waals surface area (Å²) in [7, 11) is 4.50. The molecule has 230 valence electrons. The van der Waals surface area contributed by atoms with Crippen molar-refractivity contribution in [2.24, 2.45) is 0 Å². The molecule has 0 fully saturated rings. The molecule has 41 heavy (non-hydrogen) atoms. The second-order valence-corrected chi connectivity index (χ2v) is 12.5. The smallest absolute Gasteiger partial charge is 0.305 e. The van der Waals surface area contributed by atoms with Crippen LogP contribution in [0, 0.1) is 0 Å². The van der Waals surface area contributed by atoms with Crippen molar-refractivity contribution in [1.82, 2.24) is 0 Å². The van der Waals surface area contributed by atoms with E-state index in [1.807, 2.05) is 0 Å². The fraction of sp³-hybridized carbons (Fsp3) is 0.649. The van der Waals surface area contributed by atoms with Crippen LogP contribution in [0.25, 0.3) is 0 Å². The molecule has 4 heteroatoms. The molecule has 1 atom stereocenters. The van der Waals surface area contributed by atoms with E-state index in [0.717, 1.165) is 49.0 Å². The Morgan fingerprint density at radius 1 is 0.707 bits per heavy atom. The lowest BCUT2D eigenvalue weighted by atomic mass is 10.0. The molecule has 0 saturated carbocycles. The Morgan fingerprint density at radius 3 is 1.93 bits per heavy atom. The molecule has 0 saturated heterocycles. The summed E-state index contributed by atoms with van der Waals surface area (Å²) < 4.78 is 12.6. The van der Waals surface area contributed by atoms with Gasteiger partial charge in [-0.15, -0.1) is 0 Å². The standard InChI is InChI=1S/C37H60NO3/c1-5-7-8-9-10-11-12-13-14-15-17-22-33-26-28-36(29-27-33)41-35(6-2)32-40-37(39)25-20-21-30-38(3,4)31-34-23-18-16-19-24-34/h16,18-19,23-24,26-29,35H,5-15,17,20-22,25,30-32H2,1-4H3/q+1. The van der Waals surface area contributed by atoms with Gasteiger partial charge >= 0.3 is 5.97 Å². The number of ether oxygens (including phenoxy) is 2. The molecular weight excluding hydrogens is 506 g/mol. The molecule has 2 rings (SSSR count). The molecule has 0 aromatic heterocycles. The molecular formula is C37H60NO3+. The number of quaternary nitrogens is 1. The van der Waals surface area contributed by atoms with Crippen molar-refractivity contribution in [3.05, 3.63) is 65.7 Å². The highest BCUT2D eigenvalue weighted by Crippen LogP contribution is 2.18. The topological polar surface area (TPSA) is 35.5 Å². The fourth-order valence-corrected chi connectivity index (χ4v) is 5.38. The van der Waals surface area contributed by atoms with E-state index in [4.69, 9.17) is 9.47 Å². The lowest BCUT2D eigenvalue weighted by Gasteiger charge is -2.30. The summed E-state index contributed by atoms with van der Waals surface area (Å²) in [6, 6.07) is 19.1. The Bertz CT molecular complexity index is 910. The second kappa shape index (κ2) is 21.4. The van der Waals surface area contributed by atoms with Crippen LogP contribution in [0.5, 0.6) is 5.75 Å². The van der Waals surface area contributed by atoms with Gasteiger partial charge in [0.15, 0.2) is 0 Å². The van der Waals surface area contributed by atoms with Crippen molar-refractivity contribution in [3.8, 4) is 5.75 Å². The molecule has 0 aliphatic heterocycles. The van der Waals surface area contributed by atoms with E-state index >= 15 is 0 Å². The summed E-state index contributed by atoms with van der Waals surface area (Å²) >= 11 is 0. The number of benzene rings is 2. The van der Waals surface area contributed by atoms with Crippen LogP contribution in [0.15, 0.2) is 54.6 Å². The number of hydrogen-bond acceptors (Lipinski definition) is 3. The third-order valence-corrected chi connectivity index (χ3v) is 8.03. The normalized spacial score (nSPS) is 12.3. The zero-order valence-corrected chi connectivity index (χ0v) is 26.9. The average molecular weight is 567 g/mol. The predicted octanol–water partition coefficient (Wildman–Crippen LogP) is 9.69. The molecule has 0 bridgehead atoms. The Balaban J connectivity index is 1.54. The molecule has 1 unspecified atom stereocenters. The van der Waals surface area contributed by atoms with Gasteiger partial charge in [-0.25, -0.2) is 0 Å². The van der Waals surface area contributed by atoms with Gasteiger partial charge in [-0.05, 0) is 49.8 Å². The van der Waals surface area contributed by atoms with Crippen molar-refractivity contribution in [2.45, 2.75) is 129 Å². The van der Waals surface area contributed by atoms with E-state index in [2.05, 4.69) is 82.5 Å². The number of hydrogen-bond donors (Lipinski definition) is 0. The molecule has 2 aromatic rings. The van der Waals surface area contributed by atoms with E-state index in [-0.39, 0.29) is 12.1 Å². The molecule has 0 aliphatic rings. The molecule has 0 radical (unpaired) electrons. The maximum Gasteiger partial charge on any atom is 0.305 e. The SMILES string of the molecule is CCCCCCCCCCCCCc1ccc(OC(CC)COC(=O)CCCC[N+](C)(C)Cc2ccccc2)cc1. The molecule has 0 spiro atoms. The summed E-state index contributed by atoms with van der Waals surface area (Å²) in [6.07, 6.45) is 19.3. The lowest BCUT2D eigenvalue weighted by Crippen LogP contribution is -2.39. The van der Waals surface area contributed by atoms with Gasteiger partial charge in [-0.1, -0.05) is 121 Å². The first-order valence-corrected chi connectivity index (χ1v) is 16.7. The average Bonchev–Trinajstić information content (AvgIpc) is 2.97. The molecule has 0 heterocycles. The van der Waals surface area contributed by atoms with Gasteiger partial charge in [-0.3, -0.25) is 4.79 Å². The maximum absolute atomic E-state index is 12.3. The third-order valence-electron chi connectivity index (χ3n) is 8.03. The Morgan fingerprint density at radius 2 is 1.32 bits per heavy atom. The second-order valence-electron chi connectivity index (χ2n) is 12.5. The minimum absolute atomic E-state index is 0.113. The van der Waals surface area contributed by atoms with Crippen LogP contribution < -0.4 is 4.74 Å². The fourth-order valence-electron chi connectivity index (χ4n) is 5.38. The summed E-state index contributed by atoms with van der Waals surface area (Å²) in [5.41, 5.74) is 2.72. The molecule has 0 aliphatic carbocycles.